The molecule has 1 fully saturated rings. The molecular weight excluding hydrogens is 212 g/mol. The molecule has 0 heterocycles. The van der Waals surface area contributed by atoms with Gasteiger partial charge in [0.1, 0.15) is 0 Å². The molecule has 0 radical (unpaired) electrons. The second kappa shape index (κ2) is 11.8. The lowest BCUT2D eigenvalue weighted by Gasteiger charge is -2.05. The van der Waals surface area contributed by atoms with Crippen LogP contribution >= 0.6 is 11.6 Å². The van der Waals surface area contributed by atoms with Gasteiger partial charge in [-0.25, -0.2) is 0 Å². The van der Waals surface area contributed by atoms with E-state index in [1.54, 1.807) is 6.92 Å². The van der Waals surface area contributed by atoms with Crippen LogP contribution in [0.25, 0.3) is 0 Å². The molecule has 1 aliphatic rings. The molecule has 0 spiro atoms. The van der Waals surface area contributed by atoms with E-state index >= 15 is 0 Å². The van der Waals surface area contributed by atoms with E-state index < -0.39 is 0 Å². The normalized spacial score (nSPS) is 15.1. The van der Waals surface area contributed by atoms with Crippen LogP contribution in [0, 0.1) is 0 Å². The number of rotatable bonds is 4. The third-order valence-electron chi connectivity index (χ3n) is 2.32. The molecule has 0 aliphatic heterocycles. The summed E-state index contributed by atoms with van der Waals surface area (Å²) in [6.45, 7) is 2.25. The average Bonchev–Trinajstić information content (AvgIpc) is 2.30. The number of hydrogen-bond acceptors (Lipinski definition) is 2. The first-order chi connectivity index (χ1) is 7.31. The van der Waals surface area contributed by atoms with E-state index in [1.165, 1.54) is 38.5 Å². The van der Waals surface area contributed by atoms with Crippen molar-refractivity contribution < 1.29 is 9.53 Å². The van der Waals surface area contributed by atoms with Crippen LogP contribution in [0.4, 0.5) is 0 Å². The van der Waals surface area contributed by atoms with Crippen molar-refractivity contribution in [1.29, 1.82) is 0 Å². The van der Waals surface area contributed by atoms with Gasteiger partial charge in [0.25, 0.3) is 0 Å². The highest BCUT2D eigenvalue weighted by Gasteiger charge is 1.98. The molecule has 1 aliphatic carbocycles. The Morgan fingerprint density at radius 3 is 1.93 bits per heavy atom. The largest absolute Gasteiger partial charge is 0.466 e. The third-order valence-corrected chi connectivity index (χ3v) is 2.59. The van der Waals surface area contributed by atoms with Gasteiger partial charge in [-0.1, -0.05) is 38.5 Å². The first kappa shape index (κ1) is 14.8. The van der Waals surface area contributed by atoms with Crippen molar-refractivity contribution in [3.63, 3.8) is 0 Å². The lowest BCUT2D eigenvalue weighted by molar-refractivity contribution is -0.143. The Morgan fingerprint density at radius 2 is 1.60 bits per heavy atom. The summed E-state index contributed by atoms with van der Waals surface area (Å²) in [5.74, 6) is 0.372. The first-order valence-corrected chi connectivity index (χ1v) is 6.56. The van der Waals surface area contributed by atoms with E-state index in [4.69, 9.17) is 11.6 Å². The van der Waals surface area contributed by atoms with Crippen molar-refractivity contribution in [3.05, 3.63) is 0 Å². The number of ether oxygens (including phenoxy) is 1. The maximum atomic E-state index is 10.5. The molecule has 0 aromatic rings. The molecule has 0 saturated heterocycles. The molecule has 0 atom stereocenters. The van der Waals surface area contributed by atoms with E-state index in [9.17, 15) is 4.79 Å². The van der Waals surface area contributed by atoms with E-state index in [-0.39, 0.29) is 5.97 Å². The molecular formula is C12H23ClO2. The highest BCUT2D eigenvalue weighted by atomic mass is 35.5. The molecule has 2 nitrogen and oxygen atoms in total. The van der Waals surface area contributed by atoms with Crippen molar-refractivity contribution in [2.45, 2.75) is 58.3 Å². The Balaban J connectivity index is 0.000000280. The van der Waals surface area contributed by atoms with Crippen molar-refractivity contribution in [1.82, 2.24) is 0 Å². The average molecular weight is 235 g/mol. The fourth-order valence-electron chi connectivity index (χ4n) is 1.50. The van der Waals surface area contributed by atoms with Gasteiger partial charge in [0, 0.05) is 12.3 Å². The Labute approximate surface area is 98.3 Å². The molecule has 0 unspecified atom stereocenters. The van der Waals surface area contributed by atoms with E-state index in [1.807, 2.05) is 0 Å². The van der Waals surface area contributed by atoms with E-state index in [0.717, 1.165) is 0 Å². The molecule has 1 saturated carbocycles. The van der Waals surface area contributed by atoms with Gasteiger partial charge in [-0.15, -0.1) is 11.6 Å². The van der Waals surface area contributed by atoms with Gasteiger partial charge in [0.15, 0.2) is 0 Å². The molecule has 0 N–H and O–H groups in total. The monoisotopic (exact) mass is 234 g/mol. The Morgan fingerprint density at radius 1 is 1.13 bits per heavy atom. The summed E-state index contributed by atoms with van der Waals surface area (Å²) in [5.41, 5.74) is 0. The Bertz CT molecular complexity index is 133. The number of hydrogen-bond donors (Lipinski definition) is 0. The summed E-state index contributed by atoms with van der Waals surface area (Å²) < 4.78 is 4.65. The third kappa shape index (κ3) is 11.7. The Kier molecular flexibility index (Phi) is 11.6. The molecule has 1 rings (SSSR count). The predicted molar refractivity (Wildman–Crippen MR) is 64.3 cm³/mol. The smallest absolute Gasteiger partial charge is 0.305 e. The van der Waals surface area contributed by atoms with Crippen molar-refractivity contribution in [2.24, 2.45) is 0 Å². The highest BCUT2D eigenvalue weighted by Crippen LogP contribution is 2.15. The summed E-state index contributed by atoms with van der Waals surface area (Å²) in [5, 5.41) is 0. The summed E-state index contributed by atoms with van der Waals surface area (Å²) in [7, 11) is 0. The van der Waals surface area contributed by atoms with Crippen LogP contribution in [0.2, 0.25) is 0 Å². The molecule has 3 heteroatoms. The van der Waals surface area contributed by atoms with Gasteiger partial charge < -0.3 is 4.74 Å². The van der Waals surface area contributed by atoms with Gasteiger partial charge in [0.05, 0.1) is 6.61 Å². The van der Waals surface area contributed by atoms with Crippen molar-refractivity contribution in [2.75, 3.05) is 12.5 Å². The summed E-state index contributed by atoms with van der Waals surface area (Å²) >= 11 is 5.34. The molecule has 0 aromatic carbocycles. The number of esters is 1. The number of halogens is 1. The maximum absolute atomic E-state index is 10.5. The lowest BCUT2D eigenvalue weighted by atomic mass is 10.0. The second-order valence-corrected chi connectivity index (χ2v) is 4.10. The Hall–Kier alpha value is -0.240. The van der Waals surface area contributed by atoms with Gasteiger partial charge >= 0.3 is 5.97 Å². The molecule has 15 heavy (non-hydrogen) atoms. The SMILES string of the molecule is C1CCCCC1.CCOC(=O)CCCCl. The van der Waals surface area contributed by atoms with E-state index in [0.29, 0.717) is 25.3 Å². The van der Waals surface area contributed by atoms with Crippen LogP contribution in [-0.2, 0) is 9.53 Å². The number of alkyl halides is 1. The number of carbonyl (C=O) groups is 1. The molecule has 0 bridgehead atoms. The zero-order valence-electron chi connectivity index (χ0n) is 9.77. The number of carbonyl (C=O) groups excluding carboxylic acids is 1. The minimum atomic E-state index is -0.154. The van der Waals surface area contributed by atoms with Gasteiger partial charge in [0.2, 0.25) is 0 Å². The van der Waals surface area contributed by atoms with Crippen LogP contribution in [0.1, 0.15) is 58.3 Å². The lowest BCUT2D eigenvalue weighted by Crippen LogP contribution is -2.03. The van der Waals surface area contributed by atoms with Crippen LogP contribution < -0.4 is 0 Å². The fraction of sp³-hybridized carbons (Fsp3) is 0.917. The summed E-state index contributed by atoms with van der Waals surface area (Å²) in [6, 6.07) is 0. The van der Waals surface area contributed by atoms with Crippen molar-refractivity contribution in [3.8, 4) is 0 Å². The molecule has 0 aromatic heterocycles. The van der Waals surface area contributed by atoms with Crippen LogP contribution in [0.15, 0.2) is 0 Å². The summed E-state index contributed by atoms with van der Waals surface area (Å²) in [6.07, 6.45) is 10.2. The second-order valence-electron chi connectivity index (χ2n) is 3.72. The van der Waals surface area contributed by atoms with Crippen LogP contribution in [-0.4, -0.2) is 18.5 Å². The van der Waals surface area contributed by atoms with E-state index in [2.05, 4.69) is 4.74 Å². The maximum Gasteiger partial charge on any atom is 0.305 e. The highest BCUT2D eigenvalue weighted by molar-refractivity contribution is 6.17. The topological polar surface area (TPSA) is 26.3 Å². The zero-order chi connectivity index (χ0) is 11.4. The first-order valence-electron chi connectivity index (χ1n) is 6.02. The standard InChI is InChI=1S/C6H11ClO2.C6H12/c1-2-9-6(8)4-3-5-7;1-2-4-6-5-3-1/h2-5H2,1H3;1-6H2. The molecule has 0 amide bonds. The van der Waals surface area contributed by atoms with Gasteiger partial charge in [-0.2, -0.15) is 0 Å². The van der Waals surface area contributed by atoms with Crippen LogP contribution in [0.3, 0.4) is 0 Å². The predicted octanol–water partition coefficient (Wildman–Crippen LogP) is 3.91. The molecule has 90 valence electrons. The minimum Gasteiger partial charge on any atom is -0.466 e. The summed E-state index contributed by atoms with van der Waals surface area (Å²) in [4.78, 5) is 10.5. The quantitative estimate of drug-likeness (QED) is 0.545. The zero-order valence-corrected chi connectivity index (χ0v) is 10.5. The fourth-order valence-corrected chi connectivity index (χ4v) is 1.64. The van der Waals surface area contributed by atoms with Gasteiger partial charge in [-0.3, -0.25) is 4.79 Å². The van der Waals surface area contributed by atoms with Gasteiger partial charge in [-0.05, 0) is 13.3 Å². The minimum absolute atomic E-state index is 0.154. The van der Waals surface area contributed by atoms with Crippen LogP contribution in [0.5, 0.6) is 0 Å². The van der Waals surface area contributed by atoms with Crippen molar-refractivity contribution >= 4 is 17.6 Å².